The summed E-state index contributed by atoms with van der Waals surface area (Å²) in [5.74, 6) is -0.532. The number of hydrogen-bond donors (Lipinski definition) is 4. The number of carboxylic acids is 1. The topological polar surface area (TPSA) is 144 Å². The van der Waals surface area contributed by atoms with E-state index in [1.54, 1.807) is 36.7 Å². The summed E-state index contributed by atoms with van der Waals surface area (Å²) < 4.78 is 0. The molecule has 1 amide bonds. The first-order chi connectivity index (χ1) is 15.7. The van der Waals surface area contributed by atoms with Crippen LogP contribution < -0.4 is 16.8 Å². The first-order valence-electron chi connectivity index (χ1n) is 10.8. The highest BCUT2D eigenvalue weighted by Gasteiger charge is 2.18. The van der Waals surface area contributed by atoms with Gasteiger partial charge in [0.25, 0.3) is 5.91 Å². The van der Waals surface area contributed by atoms with Gasteiger partial charge in [0.15, 0.2) is 0 Å². The molecule has 0 saturated carbocycles. The molecule has 0 radical (unpaired) electrons. The number of anilines is 1. The van der Waals surface area contributed by atoms with Crippen LogP contribution in [0.15, 0.2) is 60.9 Å². The van der Waals surface area contributed by atoms with Crippen LogP contribution in [0.25, 0.3) is 11.1 Å². The maximum Gasteiger partial charge on any atom is 0.320 e. The van der Waals surface area contributed by atoms with Crippen LogP contribution in [0.3, 0.4) is 0 Å². The van der Waals surface area contributed by atoms with Gasteiger partial charge in [-0.05, 0) is 41.2 Å². The van der Waals surface area contributed by atoms with E-state index in [-0.39, 0.29) is 24.2 Å². The van der Waals surface area contributed by atoms with E-state index >= 15 is 0 Å². The summed E-state index contributed by atoms with van der Waals surface area (Å²) in [6, 6.07) is 14.0. The first-order valence-corrected chi connectivity index (χ1v) is 10.8. The fourth-order valence-corrected chi connectivity index (χ4v) is 3.59. The SMILES string of the molecule is CC(C)C(CNC(=O)c1ccc(CC(N)C(=O)O)cc1)c1ccc(-c2cnc(N)nc2)cc1. The van der Waals surface area contributed by atoms with Gasteiger partial charge in [-0.3, -0.25) is 9.59 Å². The van der Waals surface area contributed by atoms with Gasteiger partial charge in [-0.25, -0.2) is 9.97 Å². The molecule has 0 aliphatic heterocycles. The highest BCUT2D eigenvalue weighted by Crippen LogP contribution is 2.27. The highest BCUT2D eigenvalue weighted by molar-refractivity contribution is 5.94. The van der Waals surface area contributed by atoms with Gasteiger partial charge in [0.05, 0.1) is 0 Å². The van der Waals surface area contributed by atoms with Gasteiger partial charge in [0.1, 0.15) is 6.04 Å². The summed E-state index contributed by atoms with van der Waals surface area (Å²) in [6.07, 6.45) is 3.60. The third-order valence-electron chi connectivity index (χ3n) is 5.62. The molecule has 3 aromatic rings. The quantitative estimate of drug-likeness (QED) is 0.395. The summed E-state index contributed by atoms with van der Waals surface area (Å²) >= 11 is 0. The van der Waals surface area contributed by atoms with Gasteiger partial charge in [-0.15, -0.1) is 0 Å². The van der Waals surface area contributed by atoms with Crippen LogP contribution in [-0.4, -0.2) is 39.5 Å². The minimum absolute atomic E-state index is 0.138. The molecule has 6 N–H and O–H groups in total. The number of aromatic nitrogens is 2. The molecule has 2 atom stereocenters. The second-order valence-electron chi connectivity index (χ2n) is 8.36. The molecule has 8 heteroatoms. The lowest BCUT2D eigenvalue weighted by molar-refractivity contribution is -0.138. The summed E-state index contributed by atoms with van der Waals surface area (Å²) in [7, 11) is 0. The maximum atomic E-state index is 12.7. The monoisotopic (exact) mass is 447 g/mol. The van der Waals surface area contributed by atoms with Crippen LogP contribution in [0.4, 0.5) is 5.95 Å². The Morgan fingerprint density at radius 1 is 0.970 bits per heavy atom. The van der Waals surface area contributed by atoms with Crippen LogP contribution in [0, 0.1) is 5.92 Å². The molecule has 3 rings (SSSR count). The van der Waals surface area contributed by atoms with E-state index < -0.39 is 12.0 Å². The van der Waals surface area contributed by atoms with E-state index in [1.165, 1.54) is 0 Å². The lowest BCUT2D eigenvalue weighted by Crippen LogP contribution is -2.32. The van der Waals surface area contributed by atoms with E-state index in [0.29, 0.717) is 18.0 Å². The number of nitrogens with zero attached hydrogens (tertiary/aromatic N) is 2. The molecular formula is C25H29N5O3. The van der Waals surface area contributed by atoms with Gasteiger partial charge in [0.2, 0.25) is 5.95 Å². The zero-order chi connectivity index (χ0) is 24.0. The highest BCUT2D eigenvalue weighted by atomic mass is 16.4. The van der Waals surface area contributed by atoms with Crippen LogP contribution in [0.2, 0.25) is 0 Å². The van der Waals surface area contributed by atoms with E-state index in [2.05, 4.69) is 41.3 Å². The van der Waals surface area contributed by atoms with Crippen molar-refractivity contribution < 1.29 is 14.7 Å². The van der Waals surface area contributed by atoms with Crippen molar-refractivity contribution in [1.82, 2.24) is 15.3 Å². The number of aliphatic carboxylic acids is 1. The van der Waals surface area contributed by atoms with Crippen LogP contribution in [0.1, 0.15) is 41.3 Å². The number of amides is 1. The van der Waals surface area contributed by atoms with Gasteiger partial charge in [-0.2, -0.15) is 0 Å². The average Bonchev–Trinajstić information content (AvgIpc) is 2.80. The van der Waals surface area contributed by atoms with Crippen molar-refractivity contribution in [3.63, 3.8) is 0 Å². The lowest BCUT2D eigenvalue weighted by atomic mass is 9.87. The smallest absolute Gasteiger partial charge is 0.320 e. The van der Waals surface area contributed by atoms with Crippen molar-refractivity contribution >= 4 is 17.8 Å². The minimum atomic E-state index is -1.05. The van der Waals surface area contributed by atoms with Gasteiger partial charge < -0.3 is 21.9 Å². The predicted molar refractivity (Wildman–Crippen MR) is 128 cm³/mol. The molecule has 2 unspecified atom stereocenters. The molecular weight excluding hydrogens is 418 g/mol. The zero-order valence-electron chi connectivity index (χ0n) is 18.7. The Hall–Kier alpha value is -3.78. The van der Waals surface area contributed by atoms with E-state index in [0.717, 1.165) is 22.3 Å². The van der Waals surface area contributed by atoms with E-state index in [4.69, 9.17) is 16.6 Å². The normalized spacial score (nSPS) is 12.8. The largest absolute Gasteiger partial charge is 0.480 e. The number of carbonyl (C=O) groups excluding carboxylic acids is 1. The third-order valence-corrected chi connectivity index (χ3v) is 5.62. The van der Waals surface area contributed by atoms with Crippen LogP contribution in [0.5, 0.6) is 0 Å². The Balaban J connectivity index is 1.63. The molecule has 0 aliphatic rings. The molecule has 8 nitrogen and oxygen atoms in total. The zero-order valence-corrected chi connectivity index (χ0v) is 18.7. The lowest BCUT2D eigenvalue weighted by Gasteiger charge is -2.22. The summed E-state index contributed by atoms with van der Waals surface area (Å²) in [5, 5.41) is 11.9. The molecule has 33 heavy (non-hydrogen) atoms. The Labute approximate surface area is 193 Å². The van der Waals surface area contributed by atoms with Crippen LogP contribution in [-0.2, 0) is 11.2 Å². The van der Waals surface area contributed by atoms with Crippen molar-refractivity contribution in [1.29, 1.82) is 0 Å². The summed E-state index contributed by atoms with van der Waals surface area (Å²) in [6.45, 7) is 4.74. The standard InChI is InChI=1S/C25H29N5O3/c1-15(2)21(18-9-7-17(8-10-18)20-12-29-25(27)30-13-20)14-28-23(31)19-5-3-16(4-6-19)11-22(26)24(32)33/h3-10,12-13,15,21-22H,11,14,26H2,1-2H3,(H,28,31)(H,32,33)(H2,27,29,30). The number of rotatable bonds is 9. The number of carbonyl (C=O) groups is 2. The molecule has 1 aromatic heterocycles. The molecule has 172 valence electrons. The minimum Gasteiger partial charge on any atom is -0.480 e. The van der Waals surface area contributed by atoms with Crippen molar-refractivity contribution in [2.45, 2.75) is 32.2 Å². The van der Waals surface area contributed by atoms with E-state index in [1.807, 2.05) is 12.1 Å². The van der Waals surface area contributed by atoms with Crippen molar-refractivity contribution in [3.05, 3.63) is 77.6 Å². The first kappa shape index (κ1) is 23.9. The number of benzene rings is 2. The number of nitrogens with one attached hydrogen (secondary N) is 1. The van der Waals surface area contributed by atoms with E-state index in [9.17, 15) is 9.59 Å². The fraction of sp³-hybridized carbons (Fsp3) is 0.280. The van der Waals surface area contributed by atoms with Gasteiger partial charge in [0, 0.05) is 36.0 Å². The van der Waals surface area contributed by atoms with Crippen molar-refractivity contribution in [2.75, 3.05) is 12.3 Å². The van der Waals surface area contributed by atoms with Crippen molar-refractivity contribution in [3.8, 4) is 11.1 Å². The van der Waals surface area contributed by atoms with Crippen LogP contribution >= 0.6 is 0 Å². The number of hydrogen-bond acceptors (Lipinski definition) is 6. The Bertz CT molecular complexity index is 1080. The van der Waals surface area contributed by atoms with Gasteiger partial charge >= 0.3 is 5.97 Å². The Kier molecular flexibility index (Phi) is 7.74. The Morgan fingerprint density at radius 3 is 2.12 bits per heavy atom. The average molecular weight is 448 g/mol. The summed E-state index contributed by atoms with van der Waals surface area (Å²) in [4.78, 5) is 31.6. The van der Waals surface area contributed by atoms with Gasteiger partial charge in [-0.1, -0.05) is 50.2 Å². The Morgan fingerprint density at radius 2 is 1.58 bits per heavy atom. The number of nitrogens with two attached hydrogens (primary N) is 2. The fourth-order valence-electron chi connectivity index (χ4n) is 3.59. The molecule has 1 heterocycles. The van der Waals surface area contributed by atoms with Crippen molar-refractivity contribution in [2.24, 2.45) is 11.7 Å². The second kappa shape index (κ2) is 10.7. The second-order valence-corrected chi connectivity index (χ2v) is 8.36. The molecule has 0 bridgehead atoms. The molecule has 0 aliphatic carbocycles. The predicted octanol–water partition coefficient (Wildman–Crippen LogP) is 2.85. The third kappa shape index (κ3) is 6.36. The molecule has 2 aromatic carbocycles. The number of carboxylic acid groups (broad SMARTS) is 1. The maximum absolute atomic E-state index is 12.7. The molecule has 0 saturated heterocycles. The number of nitrogen functional groups attached to an aromatic ring is 1. The summed E-state index contributed by atoms with van der Waals surface area (Å²) in [5.41, 5.74) is 15.4. The molecule has 0 spiro atoms. The molecule has 0 fully saturated rings.